The first-order chi connectivity index (χ1) is 11.1. The molecule has 23 heavy (non-hydrogen) atoms. The largest absolute Gasteiger partial charge is 0.335 e. The van der Waals surface area contributed by atoms with Gasteiger partial charge in [0, 0.05) is 19.1 Å². The summed E-state index contributed by atoms with van der Waals surface area (Å²) in [5.41, 5.74) is 0.354. The van der Waals surface area contributed by atoms with Crippen LogP contribution in [-0.4, -0.2) is 42.2 Å². The van der Waals surface area contributed by atoms with E-state index in [9.17, 15) is 9.59 Å². The van der Waals surface area contributed by atoms with E-state index < -0.39 is 0 Å². The van der Waals surface area contributed by atoms with Crippen molar-refractivity contribution < 1.29 is 4.79 Å². The molecule has 0 unspecified atom stereocenters. The van der Waals surface area contributed by atoms with Gasteiger partial charge in [-0.1, -0.05) is 12.8 Å². The molecule has 2 aliphatic carbocycles. The second-order valence-corrected chi connectivity index (χ2v) is 6.65. The fourth-order valence-electron chi connectivity index (χ4n) is 3.65. The first kappa shape index (κ1) is 14.4. The highest BCUT2D eigenvalue weighted by Gasteiger charge is 2.38. The molecule has 7 nitrogen and oxygen atoms in total. The van der Waals surface area contributed by atoms with Gasteiger partial charge in [0.2, 0.25) is 5.91 Å². The molecule has 2 saturated carbocycles. The van der Waals surface area contributed by atoms with E-state index in [1.807, 2.05) is 4.90 Å². The summed E-state index contributed by atoms with van der Waals surface area (Å²) in [6, 6.07) is 0.747. The normalized spacial score (nSPS) is 18.7. The summed E-state index contributed by atoms with van der Waals surface area (Å²) in [4.78, 5) is 31.6. The third-order valence-corrected chi connectivity index (χ3v) is 4.97. The summed E-state index contributed by atoms with van der Waals surface area (Å²) in [6.07, 6.45) is 9.75. The van der Waals surface area contributed by atoms with Gasteiger partial charge in [-0.2, -0.15) is 5.10 Å². The molecule has 1 amide bonds. The van der Waals surface area contributed by atoms with Crippen LogP contribution in [0.2, 0.25) is 0 Å². The maximum Gasteiger partial charge on any atom is 0.264 e. The summed E-state index contributed by atoms with van der Waals surface area (Å²) in [7, 11) is 1.75. The molecule has 7 heteroatoms. The molecule has 0 bridgehead atoms. The Morgan fingerprint density at radius 3 is 2.65 bits per heavy atom. The summed E-state index contributed by atoms with van der Waals surface area (Å²) >= 11 is 0. The Hall–Kier alpha value is -2.18. The molecule has 0 saturated heterocycles. The maximum absolute atomic E-state index is 12.8. The standard InChI is InChI=1S/C16H21N5O2/c1-19-15-13(8-18-19)16(23)20(10-17-15)9-14(22)21(12-6-7-12)11-4-2-3-5-11/h8,10-12H,2-7,9H2,1H3. The molecule has 0 atom stereocenters. The molecule has 4 rings (SSSR count). The zero-order chi connectivity index (χ0) is 16.0. The van der Waals surface area contributed by atoms with Crippen molar-refractivity contribution in [2.45, 2.75) is 57.2 Å². The van der Waals surface area contributed by atoms with Crippen molar-refractivity contribution in [1.29, 1.82) is 0 Å². The minimum absolute atomic E-state index is 0.0477. The van der Waals surface area contributed by atoms with Crippen LogP contribution in [0, 0.1) is 0 Å². The highest BCUT2D eigenvalue weighted by atomic mass is 16.2. The zero-order valence-corrected chi connectivity index (χ0v) is 13.3. The van der Waals surface area contributed by atoms with E-state index in [0.717, 1.165) is 25.7 Å². The SMILES string of the molecule is Cn1ncc2c(=O)n(CC(=O)N(C3CCCC3)C3CC3)cnc21. The van der Waals surface area contributed by atoms with Crippen molar-refractivity contribution in [3.05, 3.63) is 22.9 Å². The van der Waals surface area contributed by atoms with Crippen LogP contribution >= 0.6 is 0 Å². The number of hydrogen-bond acceptors (Lipinski definition) is 4. The first-order valence-corrected chi connectivity index (χ1v) is 8.33. The smallest absolute Gasteiger partial charge is 0.264 e. The monoisotopic (exact) mass is 315 g/mol. The molecular formula is C16H21N5O2. The fraction of sp³-hybridized carbons (Fsp3) is 0.625. The second kappa shape index (κ2) is 5.47. The lowest BCUT2D eigenvalue weighted by Crippen LogP contribution is -2.43. The Kier molecular flexibility index (Phi) is 3.43. The lowest BCUT2D eigenvalue weighted by atomic mass is 10.2. The molecular weight excluding hydrogens is 294 g/mol. The molecule has 0 spiro atoms. The summed E-state index contributed by atoms with van der Waals surface area (Å²) in [5, 5.41) is 4.52. The number of aryl methyl sites for hydroxylation is 1. The van der Waals surface area contributed by atoms with Crippen LogP contribution in [-0.2, 0) is 18.4 Å². The van der Waals surface area contributed by atoms with Crippen LogP contribution in [0.4, 0.5) is 0 Å². The lowest BCUT2D eigenvalue weighted by molar-refractivity contribution is -0.134. The van der Waals surface area contributed by atoms with Gasteiger partial charge in [0.15, 0.2) is 5.65 Å². The Morgan fingerprint density at radius 1 is 1.26 bits per heavy atom. The lowest BCUT2D eigenvalue weighted by Gasteiger charge is -2.29. The topological polar surface area (TPSA) is 73.0 Å². The van der Waals surface area contributed by atoms with Crippen molar-refractivity contribution in [3.8, 4) is 0 Å². The van der Waals surface area contributed by atoms with Crippen LogP contribution in [0.3, 0.4) is 0 Å². The van der Waals surface area contributed by atoms with E-state index in [2.05, 4.69) is 10.1 Å². The molecule has 0 N–H and O–H groups in total. The van der Waals surface area contributed by atoms with E-state index in [1.165, 1.54) is 29.9 Å². The van der Waals surface area contributed by atoms with Crippen molar-refractivity contribution in [1.82, 2.24) is 24.2 Å². The number of aromatic nitrogens is 4. The molecule has 0 radical (unpaired) electrons. The molecule has 122 valence electrons. The average Bonchev–Trinajstić information content (AvgIpc) is 3.06. The Bertz CT molecular complexity index is 798. The summed E-state index contributed by atoms with van der Waals surface area (Å²) < 4.78 is 2.98. The molecule has 0 aromatic carbocycles. The van der Waals surface area contributed by atoms with E-state index in [1.54, 1.807) is 11.7 Å². The second-order valence-electron chi connectivity index (χ2n) is 6.65. The highest BCUT2D eigenvalue weighted by Crippen LogP contribution is 2.34. The molecule has 2 aromatic rings. The predicted octanol–water partition coefficient (Wildman–Crippen LogP) is 1.06. The van der Waals surface area contributed by atoms with E-state index in [4.69, 9.17) is 0 Å². The summed E-state index contributed by atoms with van der Waals surface area (Å²) in [5.74, 6) is 0.0477. The Morgan fingerprint density at radius 2 is 1.96 bits per heavy atom. The number of rotatable bonds is 4. The first-order valence-electron chi connectivity index (χ1n) is 8.33. The van der Waals surface area contributed by atoms with Gasteiger partial charge in [-0.15, -0.1) is 0 Å². The molecule has 2 aromatic heterocycles. The van der Waals surface area contributed by atoms with Gasteiger partial charge in [-0.05, 0) is 25.7 Å². The van der Waals surface area contributed by atoms with Gasteiger partial charge in [0.05, 0.1) is 6.20 Å². The number of hydrogen-bond donors (Lipinski definition) is 0. The van der Waals surface area contributed by atoms with Gasteiger partial charge in [0.25, 0.3) is 5.56 Å². The minimum atomic E-state index is -0.196. The third kappa shape index (κ3) is 2.54. The molecule has 0 aliphatic heterocycles. The quantitative estimate of drug-likeness (QED) is 0.846. The van der Waals surface area contributed by atoms with E-state index in [-0.39, 0.29) is 18.0 Å². The van der Waals surface area contributed by atoms with Crippen molar-refractivity contribution in [2.75, 3.05) is 0 Å². The van der Waals surface area contributed by atoms with Crippen molar-refractivity contribution >= 4 is 16.9 Å². The average molecular weight is 315 g/mol. The predicted molar refractivity (Wildman–Crippen MR) is 84.9 cm³/mol. The Labute approximate surface area is 133 Å². The molecule has 2 heterocycles. The maximum atomic E-state index is 12.8. The van der Waals surface area contributed by atoms with Gasteiger partial charge >= 0.3 is 0 Å². The number of nitrogens with zero attached hydrogens (tertiary/aromatic N) is 5. The number of carbonyl (C=O) groups excluding carboxylic acids is 1. The number of carbonyl (C=O) groups is 1. The highest BCUT2D eigenvalue weighted by molar-refractivity contribution is 5.78. The zero-order valence-electron chi connectivity index (χ0n) is 13.3. The van der Waals surface area contributed by atoms with Gasteiger partial charge < -0.3 is 4.90 Å². The van der Waals surface area contributed by atoms with Crippen LogP contribution in [0.15, 0.2) is 17.3 Å². The van der Waals surface area contributed by atoms with Crippen LogP contribution in [0.5, 0.6) is 0 Å². The Balaban J connectivity index is 1.60. The van der Waals surface area contributed by atoms with Crippen molar-refractivity contribution in [3.63, 3.8) is 0 Å². The van der Waals surface area contributed by atoms with E-state index in [0.29, 0.717) is 23.1 Å². The number of fused-ring (bicyclic) bond motifs is 1. The van der Waals surface area contributed by atoms with Crippen LogP contribution in [0.1, 0.15) is 38.5 Å². The van der Waals surface area contributed by atoms with Crippen molar-refractivity contribution in [2.24, 2.45) is 7.05 Å². The van der Waals surface area contributed by atoms with Gasteiger partial charge in [-0.3, -0.25) is 18.8 Å². The minimum Gasteiger partial charge on any atom is -0.335 e. The summed E-state index contributed by atoms with van der Waals surface area (Å²) in [6.45, 7) is 0.0731. The molecule has 2 aliphatic rings. The van der Waals surface area contributed by atoms with E-state index >= 15 is 0 Å². The van der Waals surface area contributed by atoms with Gasteiger partial charge in [-0.25, -0.2) is 4.98 Å². The van der Waals surface area contributed by atoms with Gasteiger partial charge in [0.1, 0.15) is 18.3 Å². The van der Waals surface area contributed by atoms with Crippen LogP contribution < -0.4 is 5.56 Å². The fourth-order valence-corrected chi connectivity index (χ4v) is 3.65. The molecule has 2 fully saturated rings. The third-order valence-electron chi connectivity index (χ3n) is 4.97. The number of amides is 1. The van der Waals surface area contributed by atoms with Crippen LogP contribution in [0.25, 0.3) is 11.0 Å².